The third kappa shape index (κ3) is 5.23. The van der Waals surface area contributed by atoms with Crippen LogP contribution in [-0.4, -0.2) is 41.5 Å². The molecule has 174 valence electrons. The minimum Gasteiger partial charge on any atom is -0.497 e. The molecule has 4 rings (SSSR count). The van der Waals surface area contributed by atoms with Gasteiger partial charge in [-0.25, -0.2) is 4.39 Å². The van der Waals surface area contributed by atoms with Crippen LogP contribution < -0.4 is 15.0 Å². The summed E-state index contributed by atoms with van der Waals surface area (Å²) in [6, 6.07) is 21.6. The van der Waals surface area contributed by atoms with E-state index in [-0.39, 0.29) is 24.1 Å². The maximum absolute atomic E-state index is 13.4. The predicted octanol–water partition coefficient (Wildman–Crippen LogP) is 4.41. The van der Waals surface area contributed by atoms with Gasteiger partial charge >= 0.3 is 0 Å². The number of rotatable bonds is 8. The summed E-state index contributed by atoms with van der Waals surface area (Å²) < 4.78 is 18.5. The number of thiocarbonyl (C=S) groups is 1. The van der Waals surface area contributed by atoms with E-state index in [0.29, 0.717) is 35.2 Å². The Kier molecular flexibility index (Phi) is 7.18. The van der Waals surface area contributed by atoms with Crippen LogP contribution in [0, 0.1) is 5.82 Å². The Labute approximate surface area is 202 Å². The standard InChI is InChI=1S/C26H24FN3O3S/c1-33-22-9-5-6-20(16-22)28-24(31)17-23-25(32)30(21-7-3-2-4-8-21)26(34)29(23)15-14-18-10-12-19(27)13-11-18/h2-13,16,23H,14-15,17H2,1H3,(H,28,31)/t23-/m0/s1. The number of para-hydroxylation sites is 1. The molecule has 0 aliphatic carbocycles. The summed E-state index contributed by atoms with van der Waals surface area (Å²) in [5, 5.41) is 3.18. The molecule has 0 unspecified atom stereocenters. The summed E-state index contributed by atoms with van der Waals surface area (Å²) in [5.74, 6) is -0.253. The number of methoxy groups -OCH3 is 1. The summed E-state index contributed by atoms with van der Waals surface area (Å²) in [4.78, 5) is 29.6. The SMILES string of the molecule is COc1cccc(NC(=O)C[C@H]2C(=O)N(c3ccccc3)C(=S)N2CCc2ccc(F)cc2)c1. The van der Waals surface area contributed by atoms with Crippen LogP contribution in [0.25, 0.3) is 0 Å². The molecule has 1 saturated heterocycles. The fraction of sp³-hybridized carbons (Fsp3) is 0.192. The number of nitrogens with one attached hydrogen (secondary N) is 1. The van der Waals surface area contributed by atoms with Gasteiger partial charge in [-0.15, -0.1) is 0 Å². The van der Waals surface area contributed by atoms with Crippen LogP contribution in [0.4, 0.5) is 15.8 Å². The van der Waals surface area contributed by atoms with Gasteiger partial charge in [0.15, 0.2) is 5.11 Å². The molecular weight excluding hydrogens is 453 g/mol. The molecule has 0 spiro atoms. The van der Waals surface area contributed by atoms with Crippen molar-refractivity contribution >= 4 is 40.5 Å². The first-order chi connectivity index (χ1) is 16.5. The molecule has 3 aromatic carbocycles. The van der Waals surface area contributed by atoms with Crippen LogP contribution in [0.1, 0.15) is 12.0 Å². The zero-order valence-corrected chi connectivity index (χ0v) is 19.4. The number of halogens is 1. The van der Waals surface area contributed by atoms with E-state index in [1.807, 2.05) is 18.2 Å². The number of nitrogens with zero attached hydrogens (tertiary/aromatic N) is 2. The first-order valence-electron chi connectivity index (χ1n) is 10.8. The van der Waals surface area contributed by atoms with E-state index in [4.69, 9.17) is 17.0 Å². The number of benzene rings is 3. The first-order valence-corrected chi connectivity index (χ1v) is 11.2. The molecule has 1 atom stereocenters. The highest BCUT2D eigenvalue weighted by molar-refractivity contribution is 7.80. The second-order valence-electron chi connectivity index (χ2n) is 7.86. The molecule has 2 amide bonds. The van der Waals surface area contributed by atoms with Crippen LogP contribution in [0.15, 0.2) is 78.9 Å². The minimum atomic E-state index is -0.751. The fourth-order valence-corrected chi connectivity index (χ4v) is 4.31. The molecule has 34 heavy (non-hydrogen) atoms. The topological polar surface area (TPSA) is 61.9 Å². The molecule has 0 saturated carbocycles. The van der Waals surface area contributed by atoms with Gasteiger partial charge in [0.2, 0.25) is 5.91 Å². The van der Waals surface area contributed by atoms with E-state index >= 15 is 0 Å². The van der Waals surface area contributed by atoms with Gasteiger partial charge in [-0.2, -0.15) is 0 Å². The third-order valence-corrected chi connectivity index (χ3v) is 6.04. The normalized spacial score (nSPS) is 15.5. The number of carbonyl (C=O) groups is 2. The maximum atomic E-state index is 13.4. The van der Waals surface area contributed by atoms with E-state index in [2.05, 4.69) is 5.32 Å². The molecule has 1 heterocycles. The molecule has 1 aliphatic heterocycles. The van der Waals surface area contributed by atoms with Gasteiger partial charge < -0.3 is 15.0 Å². The van der Waals surface area contributed by atoms with Crippen molar-refractivity contribution < 1.29 is 18.7 Å². The van der Waals surface area contributed by atoms with Gasteiger partial charge in [-0.1, -0.05) is 36.4 Å². The maximum Gasteiger partial charge on any atom is 0.256 e. The molecular formula is C26H24FN3O3S. The van der Waals surface area contributed by atoms with Gasteiger partial charge in [0.05, 0.1) is 19.2 Å². The van der Waals surface area contributed by atoms with Crippen molar-refractivity contribution in [3.05, 3.63) is 90.2 Å². The first kappa shape index (κ1) is 23.4. The van der Waals surface area contributed by atoms with Gasteiger partial charge in [0.1, 0.15) is 17.6 Å². The van der Waals surface area contributed by atoms with Gasteiger partial charge in [0, 0.05) is 18.3 Å². The Morgan fingerprint density at radius 2 is 1.79 bits per heavy atom. The number of carbonyl (C=O) groups excluding carboxylic acids is 2. The number of anilines is 2. The number of amides is 2. The van der Waals surface area contributed by atoms with Crippen molar-refractivity contribution in [2.45, 2.75) is 18.9 Å². The van der Waals surface area contributed by atoms with Gasteiger partial charge in [0.25, 0.3) is 5.91 Å². The van der Waals surface area contributed by atoms with Crippen LogP contribution in [0.2, 0.25) is 0 Å². The average molecular weight is 478 g/mol. The lowest BCUT2D eigenvalue weighted by Crippen LogP contribution is -2.39. The number of ether oxygens (including phenoxy) is 1. The summed E-state index contributed by atoms with van der Waals surface area (Å²) in [5.41, 5.74) is 2.14. The Morgan fingerprint density at radius 3 is 2.50 bits per heavy atom. The van der Waals surface area contributed by atoms with Crippen LogP contribution in [-0.2, 0) is 16.0 Å². The van der Waals surface area contributed by atoms with E-state index in [1.54, 1.807) is 60.5 Å². The van der Waals surface area contributed by atoms with Crippen LogP contribution in [0.3, 0.4) is 0 Å². The average Bonchev–Trinajstić information content (AvgIpc) is 3.08. The Balaban J connectivity index is 1.54. The largest absolute Gasteiger partial charge is 0.497 e. The number of hydrogen-bond donors (Lipinski definition) is 1. The minimum absolute atomic E-state index is 0.0665. The second kappa shape index (κ2) is 10.4. The molecule has 1 aliphatic rings. The lowest BCUT2D eigenvalue weighted by molar-refractivity contribution is -0.124. The van der Waals surface area contributed by atoms with Crippen molar-refractivity contribution in [3.8, 4) is 5.75 Å². The molecule has 6 nitrogen and oxygen atoms in total. The van der Waals surface area contributed by atoms with Crippen molar-refractivity contribution in [2.75, 3.05) is 23.9 Å². The van der Waals surface area contributed by atoms with Gasteiger partial charge in [-0.05, 0) is 60.6 Å². The van der Waals surface area contributed by atoms with E-state index in [1.165, 1.54) is 17.0 Å². The van der Waals surface area contributed by atoms with E-state index in [9.17, 15) is 14.0 Å². The third-order valence-electron chi connectivity index (χ3n) is 5.62. The summed E-state index contributed by atoms with van der Waals surface area (Å²) >= 11 is 5.67. The zero-order chi connectivity index (χ0) is 24.1. The van der Waals surface area contributed by atoms with Crippen molar-refractivity contribution in [3.63, 3.8) is 0 Å². The molecule has 0 aromatic heterocycles. The van der Waals surface area contributed by atoms with E-state index in [0.717, 1.165) is 5.56 Å². The lowest BCUT2D eigenvalue weighted by atomic mass is 10.1. The Hall–Kier alpha value is -3.78. The lowest BCUT2D eigenvalue weighted by Gasteiger charge is -2.24. The monoisotopic (exact) mass is 477 g/mol. The molecule has 8 heteroatoms. The van der Waals surface area contributed by atoms with Gasteiger partial charge in [-0.3, -0.25) is 14.5 Å². The Bertz CT molecular complexity index is 1190. The zero-order valence-electron chi connectivity index (χ0n) is 18.6. The summed E-state index contributed by atoms with van der Waals surface area (Å²) in [6.45, 7) is 0.413. The molecule has 0 radical (unpaired) electrons. The highest BCUT2D eigenvalue weighted by Crippen LogP contribution is 2.28. The molecule has 1 N–H and O–H groups in total. The molecule has 0 bridgehead atoms. The highest BCUT2D eigenvalue weighted by Gasteiger charge is 2.43. The van der Waals surface area contributed by atoms with Crippen LogP contribution in [0.5, 0.6) is 5.75 Å². The quantitative estimate of drug-likeness (QED) is 0.487. The highest BCUT2D eigenvalue weighted by atomic mass is 32.1. The molecule has 3 aromatic rings. The number of hydrogen-bond acceptors (Lipinski definition) is 4. The van der Waals surface area contributed by atoms with Crippen LogP contribution >= 0.6 is 12.2 Å². The summed E-state index contributed by atoms with van der Waals surface area (Å²) in [7, 11) is 1.55. The van der Waals surface area contributed by atoms with E-state index < -0.39 is 6.04 Å². The fourth-order valence-electron chi connectivity index (χ4n) is 3.89. The van der Waals surface area contributed by atoms with Crippen molar-refractivity contribution in [1.29, 1.82) is 0 Å². The second-order valence-corrected chi connectivity index (χ2v) is 8.23. The smallest absolute Gasteiger partial charge is 0.256 e. The predicted molar refractivity (Wildman–Crippen MR) is 133 cm³/mol. The Morgan fingerprint density at radius 1 is 1.06 bits per heavy atom. The van der Waals surface area contributed by atoms with Crippen molar-refractivity contribution in [1.82, 2.24) is 4.90 Å². The van der Waals surface area contributed by atoms with Crippen molar-refractivity contribution in [2.24, 2.45) is 0 Å². The molecule has 1 fully saturated rings. The summed E-state index contributed by atoms with van der Waals surface area (Å²) in [6.07, 6.45) is 0.479.